The van der Waals surface area contributed by atoms with E-state index in [9.17, 15) is 8.42 Å². The van der Waals surface area contributed by atoms with Gasteiger partial charge in [0.25, 0.3) is 10.1 Å². The molecule has 174 valence electrons. The van der Waals surface area contributed by atoms with Crippen molar-refractivity contribution in [3.63, 3.8) is 0 Å². The normalized spacial score (nSPS) is 11.8. The van der Waals surface area contributed by atoms with E-state index in [0.29, 0.717) is 13.2 Å². The van der Waals surface area contributed by atoms with Crippen molar-refractivity contribution in [3.05, 3.63) is 29.8 Å². The molecule has 0 amide bonds. The van der Waals surface area contributed by atoms with Crippen LogP contribution in [-0.4, -0.2) is 28.2 Å². The molecule has 1 aromatic carbocycles. The average molecular weight is 441 g/mol. The van der Waals surface area contributed by atoms with Gasteiger partial charge in [0.15, 0.2) is 0 Å². The van der Waals surface area contributed by atoms with E-state index in [4.69, 9.17) is 8.92 Å². The molecule has 0 aliphatic carbocycles. The van der Waals surface area contributed by atoms with E-state index in [-0.39, 0.29) is 11.5 Å². The van der Waals surface area contributed by atoms with Gasteiger partial charge in [0.05, 0.1) is 18.1 Å². The quantitative estimate of drug-likeness (QED) is 0.159. The lowest BCUT2D eigenvalue weighted by atomic mass is 10.0. The molecule has 0 spiro atoms. The monoisotopic (exact) mass is 440 g/mol. The zero-order valence-corrected chi connectivity index (χ0v) is 20.2. The highest BCUT2D eigenvalue weighted by molar-refractivity contribution is 7.86. The van der Waals surface area contributed by atoms with Gasteiger partial charge in [0, 0.05) is 6.61 Å². The number of rotatable bonds is 20. The van der Waals surface area contributed by atoms with Crippen LogP contribution in [0.15, 0.2) is 29.2 Å². The third-order valence-corrected chi connectivity index (χ3v) is 6.74. The molecule has 0 atom stereocenters. The van der Waals surface area contributed by atoms with Gasteiger partial charge in [0.2, 0.25) is 0 Å². The molecule has 0 fully saturated rings. The van der Waals surface area contributed by atoms with Crippen molar-refractivity contribution in [2.24, 2.45) is 0 Å². The van der Waals surface area contributed by atoms with Crippen LogP contribution in [0.5, 0.6) is 0 Å². The largest absolute Gasteiger partial charge is 0.379 e. The molecule has 0 aliphatic heterocycles. The van der Waals surface area contributed by atoms with E-state index in [1.165, 1.54) is 83.5 Å². The van der Waals surface area contributed by atoms with Crippen molar-refractivity contribution in [2.75, 3.05) is 19.8 Å². The highest BCUT2D eigenvalue weighted by atomic mass is 32.2. The van der Waals surface area contributed by atoms with Gasteiger partial charge in [-0.25, -0.2) is 0 Å². The first-order chi connectivity index (χ1) is 14.6. The van der Waals surface area contributed by atoms with Crippen LogP contribution >= 0.6 is 0 Å². The Hall–Kier alpha value is -0.910. The van der Waals surface area contributed by atoms with E-state index >= 15 is 0 Å². The molecular formula is C25H44O4S. The topological polar surface area (TPSA) is 52.6 Å². The van der Waals surface area contributed by atoms with Crippen LogP contribution in [0.4, 0.5) is 0 Å². The van der Waals surface area contributed by atoms with Crippen molar-refractivity contribution in [3.8, 4) is 0 Å². The zero-order valence-electron chi connectivity index (χ0n) is 19.4. The van der Waals surface area contributed by atoms with Gasteiger partial charge >= 0.3 is 0 Å². The maximum absolute atomic E-state index is 12.0. The molecule has 0 saturated carbocycles. The van der Waals surface area contributed by atoms with E-state index < -0.39 is 10.1 Å². The van der Waals surface area contributed by atoms with Crippen molar-refractivity contribution in [1.82, 2.24) is 0 Å². The number of benzene rings is 1. The first kappa shape index (κ1) is 27.1. The molecule has 0 saturated heterocycles. The van der Waals surface area contributed by atoms with Crippen LogP contribution in [-0.2, 0) is 19.0 Å². The average Bonchev–Trinajstić information content (AvgIpc) is 2.73. The Morgan fingerprint density at radius 3 is 1.60 bits per heavy atom. The van der Waals surface area contributed by atoms with Gasteiger partial charge in [-0.05, 0) is 25.5 Å². The van der Waals surface area contributed by atoms with Crippen molar-refractivity contribution >= 4 is 10.1 Å². The maximum atomic E-state index is 12.0. The van der Waals surface area contributed by atoms with E-state index in [0.717, 1.165) is 12.0 Å². The van der Waals surface area contributed by atoms with Crippen LogP contribution in [0.25, 0.3) is 0 Å². The summed E-state index contributed by atoms with van der Waals surface area (Å²) in [6.45, 7) is 5.23. The summed E-state index contributed by atoms with van der Waals surface area (Å²) >= 11 is 0. The van der Waals surface area contributed by atoms with E-state index in [1.54, 1.807) is 24.3 Å². The molecule has 0 unspecified atom stereocenters. The smallest absolute Gasteiger partial charge is 0.297 e. The number of ether oxygens (including phenoxy) is 1. The molecule has 0 radical (unpaired) electrons. The Kier molecular flexibility index (Phi) is 16.0. The second-order valence-electron chi connectivity index (χ2n) is 8.30. The lowest BCUT2D eigenvalue weighted by Crippen LogP contribution is -2.12. The molecule has 0 N–H and O–H groups in total. The fourth-order valence-electron chi connectivity index (χ4n) is 3.48. The predicted molar refractivity (Wildman–Crippen MR) is 125 cm³/mol. The Balaban J connectivity index is 1.84. The van der Waals surface area contributed by atoms with Gasteiger partial charge in [-0.2, -0.15) is 8.42 Å². The number of unbranched alkanes of at least 4 members (excludes halogenated alkanes) is 13. The molecule has 0 aromatic heterocycles. The summed E-state index contributed by atoms with van der Waals surface area (Å²) in [5.41, 5.74) is 1.02. The fraction of sp³-hybridized carbons (Fsp3) is 0.760. The highest BCUT2D eigenvalue weighted by Crippen LogP contribution is 2.14. The van der Waals surface area contributed by atoms with E-state index in [1.807, 2.05) is 6.92 Å². The minimum atomic E-state index is -3.68. The Bertz CT molecular complexity index is 611. The molecule has 0 heterocycles. The molecule has 1 rings (SSSR count). The first-order valence-electron chi connectivity index (χ1n) is 12.1. The van der Waals surface area contributed by atoms with E-state index in [2.05, 4.69) is 6.92 Å². The zero-order chi connectivity index (χ0) is 21.9. The number of aryl methyl sites for hydroxylation is 1. The van der Waals surface area contributed by atoms with Gasteiger partial charge < -0.3 is 4.74 Å². The lowest BCUT2D eigenvalue weighted by Gasteiger charge is -2.07. The van der Waals surface area contributed by atoms with Crippen molar-refractivity contribution in [1.29, 1.82) is 0 Å². The minimum Gasteiger partial charge on any atom is -0.379 e. The molecule has 0 bridgehead atoms. The van der Waals surface area contributed by atoms with Crippen molar-refractivity contribution in [2.45, 2.75) is 109 Å². The van der Waals surface area contributed by atoms with Crippen LogP contribution in [0.3, 0.4) is 0 Å². The predicted octanol–water partition coefficient (Wildman–Crippen LogP) is 7.20. The van der Waals surface area contributed by atoms with Crippen LogP contribution in [0.1, 0.15) is 102 Å². The van der Waals surface area contributed by atoms with Crippen LogP contribution in [0, 0.1) is 6.92 Å². The van der Waals surface area contributed by atoms with Gasteiger partial charge in [-0.15, -0.1) is 0 Å². The lowest BCUT2D eigenvalue weighted by molar-refractivity contribution is 0.0989. The second-order valence-corrected chi connectivity index (χ2v) is 9.91. The SMILES string of the molecule is CCCCCCCCCCCCCCCCOCCOS(=O)(=O)c1ccc(C)cc1. The summed E-state index contributed by atoms with van der Waals surface area (Å²) < 4.78 is 34.6. The number of hydrogen-bond donors (Lipinski definition) is 0. The molecule has 5 heteroatoms. The summed E-state index contributed by atoms with van der Waals surface area (Å²) in [4.78, 5) is 0.195. The van der Waals surface area contributed by atoms with Gasteiger partial charge in [-0.3, -0.25) is 4.18 Å². The molecule has 30 heavy (non-hydrogen) atoms. The van der Waals surface area contributed by atoms with Crippen molar-refractivity contribution < 1.29 is 17.3 Å². The third kappa shape index (κ3) is 14.2. The Morgan fingerprint density at radius 2 is 1.10 bits per heavy atom. The van der Waals surface area contributed by atoms with Crippen LogP contribution < -0.4 is 0 Å². The third-order valence-electron chi connectivity index (χ3n) is 5.42. The fourth-order valence-corrected chi connectivity index (χ4v) is 4.37. The first-order valence-corrected chi connectivity index (χ1v) is 13.5. The summed E-state index contributed by atoms with van der Waals surface area (Å²) in [7, 11) is -3.68. The molecular weight excluding hydrogens is 396 g/mol. The minimum absolute atomic E-state index is 0.0643. The van der Waals surface area contributed by atoms with Crippen LogP contribution in [0.2, 0.25) is 0 Å². The molecule has 0 aliphatic rings. The summed E-state index contributed by atoms with van der Waals surface area (Å²) in [6, 6.07) is 6.67. The second kappa shape index (κ2) is 17.7. The summed E-state index contributed by atoms with van der Waals surface area (Å²) in [5, 5.41) is 0. The standard InChI is InChI=1S/C25H44O4S/c1-3-4-5-6-7-8-9-10-11-12-13-14-15-16-21-28-22-23-29-30(26,27)25-19-17-24(2)18-20-25/h17-20H,3-16,21-23H2,1-2H3. The Labute approximate surface area is 185 Å². The Morgan fingerprint density at radius 1 is 0.633 bits per heavy atom. The maximum Gasteiger partial charge on any atom is 0.297 e. The molecule has 1 aromatic rings. The summed E-state index contributed by atoms with van der Waals surface area (Å²) in [6.07, 6.45) is 18.7. The highest BCUT2D eigenvalue weighted by Gasteiger charge is 2.14. The summed E-state index contributed by atoms with van der Waals surface area (Å²) in [5.74, 6) is 0. The van der Waals surface area contributed by atoms with Gasteiger partial charge in [-0.1, -0.05) is 108 Å². The molecule has 4 nitrogen and oxygen atoms in total. The number of hydrogen-bond acceptors (Lipinski definition) is 4. The van der Waals surface area contributed by atoms with Gasteiger partial charge in [0.1, 0.15) is 0 Å².